The van der Waals surface area contributed by atoms with Gasteiger partial charge in [0.25, 0.3) is 0 Å². The van der Waals surface area contributed by atoms with Gasteiger partial charge in [0.1, 0.15) is 0 Å². The van der Waals surface area contributed by atoms with Crippen molar-refractivity contribution in [2.45, 2.75) is 13.5 Å². The van der Waals surface area contributed by atoms with Crippen molar-refractivity contribution in [3.8, 4) is 5.75 Å². The number of halogens is 3. The first-order chi connectivity index (χ1) is 12.9. The van der Waals surface area contributed by atoms with Crippen LogP contribution in [0.15, 0.2) is 47.4 Å². The summed E-state index contributed by atoms with van der Waals surface area (Å²) in [4.78, 5) is 16.1. The number of nitrogens with one attached hydrogen (secondary N) is 1. The van der Waals surface area contributed by atoms with Gasteiger partial charge in [-0.25, -0.2) is 8.78 Å². The number of hydrogen-bond donors (Lipinski definition) is 1. The van der Waals surface area contributed by atoms with Crippen LogP contribution in [0, 0.1) is 18.6 Å². The highest BCUT2D eigenvalue weighted by Crippen LogP contribution is 2.26. The number of anilines is 2. The molecule has 0 amide bonds. The Balaban J connectivity index is 2.04. The molecule has 3 aromatic rings. The van der Waals surface area contributed by atoms with E-state index in [9.17, 15) is 13.6 Å². The van der Waals surface area contributed by atoms with E-state index < -0.39 is 17.2 Å². The Bertz CT molecular complexity index is 1050. The van der Waals surface area contributed by atoms with E-state index >= 15 is 0 Å². The molecule has 0 aliphatic rings. The van der Waals surface area contributed by atoms with Crippen LogP contribution >= 0.6 is 11.6 Å². The molecule has 0 unspecified atom stereocenters. The Hall–Kier alpha value is -2.93. The molecule has 0 atom stereocenters. The summed E-state index contributed by atoms with van der Waals surface area (Å²) in [6, 6.07) is 8.90. The Morgan fingerprint density at radius 1 is 1.22 bits per heavy atom. The monoisotopic (exact) mass is 391 g/mol. The zero-order valence-corrected chi connectivity index (χ0v) is 15.3. The van der Waals surface area contributed by atoms with Crippen LogP contribution in [-0.2, 0) is 6.54 Å². The summed E-state index contributed by atoms with van der Waals surface area (Å²) >= 11 is 6.13. The molecular weight excluding hydrogens is 376 g/mol. The first kappa shape index (κ1) is 18.8. The second kappa shape index (κ2) is 7.75. The molecule has 1 heterocycles. The lowest BCUT2D eigenvalue weighted by Gasteiger charge is -2.16. The van der Waals surface area contributed by atoms with Gasteiger partial charge >= 0.3 is 5.56 Å². The van der Waals surface area contributed by atoms with Gasteiger partial charge in [-0.15, -0.1) is 0 Å². The van der Waals surface area contributed by atoms with Gasteiger partial charge in [0.15, 0.2) is 11.6 Å². The van der Waals surface area contributed by atoms with Crippen LogP contribution in [0.25, 0.3) is 0 Å². The minimum Gasteiger partial charge on any atom is -0.490 e. The van der Waals surface area contributed by atoms with Gasteiger partial charge in [-0.3, -0.25) is 4.79 Å². The summed E-state index contributed by atoms with van der Waals surface area (Å²) in [5.74, 6) is -1.63. The quantitative estimate of drug-likeness (QED) is 0.705. The third kappa shape index (κ3) is 4.09. The van der Waals surface area contributed by atoms with E-state index in [0.717, 1.165) is 17.7 Å². The lowest BCUT2D eigenvalue weighted by atomic mass is 10.2. The lowest BCUT2D eigenvalue weighted by Crippen LogP contribution is -2.19. The summed E-state index contributed by atoms with van der Waals surface area (Å²) in [5, 5.41) is 3.62. The molecule has 1 aromatic heterocycles. The molecule has 140 valence electrons. The van der Waals surface area contributed by atoms with Crippen LogP contribution in [0.3, 0.4) is 0 Å². The van der Waals surface area contributed by atoms with E-state index in [0.29, 0.717) is 16.3 Å². The predicted octanol–water partition coefficient (Wildman–Crippen LogP) is 4.28. The number of rotatable bonds is 5. The highest BCUT2D eigenvalue weighted by Gasteiger charge is 2.12. The average Bonchev–Trinajstić information content (AvgIpc) is 2.64. The maximum atomic E-state index is 13.5. The predicted molar refractivity (Wildman–Crippen MR) is 100.0 cm³/mol. The third-order valence-corrected chi connectivity index (χ3v) is 4.44. The number of aromatic nitrogens is 2. The van der Waals surface area contributed by atoms with Crippen LogP contribution in [0.4, 0.5) is 20.4 Å². The molecule has 0 aliphatic carbocycles. The maximum absolute atomic E-state index is 13.5. The molecule has 0 fully saturated rings. The van der Waals surface area contributed by atoms with Crippen molar-refractivity contribution >= 4 is 23.2 Å². The topological polar surface area (TPSA) is 56.1 Å². The Morgan fingerprint density at radius 3 is 2.70 bits per heavy atom. The summed E-state index contributed by atoms with van der Waals surface area (Å²) in [6.07, 6.45) is 1.46. The fourth-order valence-corrected chi connectivity index (χ4v) is 2.71. The van der Waals surface area contributed by atoms with Crippen LogP contribution in [-0.4, -0.2) is 16.7 Å². The summed E-state index contributed by atoms with van der Waals surface area (Å²) < 4.78 is 33.3. The molecule has 1 N–H and O–H groups in total. The number of hydrogen-bond acceptors (Lipinski definition) is 4. The summed E-state index contributed by atoms with van der Waals surface area (Å²) in [5.41, 5.74) is 1.38. The minimum atomic E-state index is -0.950. The van der Waals surface area contributed by atoms with E-state index in [1.54, 1.807) is 22.8 Å². The zero-order valence-electron chi connectivity index (χ0n) is 14.6. The van der Waals surface area contributed by atoms with Crippen molar-refractivity contribution in [3.63, 3.8) is 0 Å². The van der Waals surface area contributed by atoms with Crippen molar-refractivity contribution in [3.05, 3.63) is 80.7 Å². The van der Waals surface area contributed by atoms with Crippen LogP contribution in [0.1, 0.15) is 11.1 Å². The Labute approximate surface area is 159 Å². The summed E-state index contributed by atoms with van der Waals surface area (Å²) in [7, 11) is 1.36. The molecule has 0 bridgehead atoms. The van der Waals surface area contributed by atoms with Crippen LogP contribution in [0.2, 0.25) is 5.02 Å². The van der Waals surface area contributed by atoms with Crippen molar-refractivity contribution in [1.82, 2.24) is 9.55 Å². The second-order valence-corrected chi connectivity index (χ2v) is 6.26. The van der Waals surface area contributed by atoms with Crippen molar-refractivity contribution in [1.29, 1.82) is 0 Å². The molecule has 2 aromatic carbocycles. The average molecular weight is 392 g/mol. The molecule has 0 spiro atoms. The number of nitrogens with zero attached hydrogens (tertiary/aromatic N) is 2. The molecule has 27 heavy (non-hydrogen) atoms. The number of ether oxygens (including phenoxy) is 1. The van der Waals surface area contributed by atoms with Crippen molar-refractivity contribution in [2.24, 2.45) is 0 Å². The van der Waals surface area contributed by atoms with Crippen LogP contribution in [0.5, 0.6) is 5.75 Å². The zero-order chi connectivity index (χ0) is 19.6. The van der Waals surface area contributed by atoms with E-state index in [-0.39, 0.29) is 18.2 Å². The third-order valence-electron chi connectivity index (χ3n) is 4.03. The first-order valence-electron chi connectivity index (χ1n) is 8.00. The van der Waals surface area contributed by atoms with E-state index in [4.69, 9.17) is 16.3 Å². The molecule has 0 saturated carbocycles. The first-order valence-corrected chi connectivity index (χ1v) is 8.38. The van der Waals surface area contributed by atoms with Gasteiger partial charge in [-0.2, -0.15) is 4.98 Å². The van der Waals surface area contributed by atoms with Gasteiger partial charge in [-0.05, 0) is 42.3 Å². The SMILES string of the molecule is COc1cn(Cc2ccc(F)c(F)c2)c(Nc2cccc(Cl)c2C)nc1=O. The smallest absolute Gasteiger partial charge is 0.316 e. The molecule has 0 radical (unpaired) electrons. The number of benzene rings is 2. The molecule has 5 nitrogen and oxygen atoms in total. The standard InChI is InChI=1S/C19H16ClF2N3O2/c1-11-13(20)4-3-5-16(11)23-19-24-18(26)17(27-2)10-25(19)9-12-6-7-14(21)15(22)8-12/h3-8,10H,9H2,1-2H3,(H,23,24,26). The van der Waals surface area contributed by atoms with Gasteiger partial charge in [0.2, 0.25) is 11.7 Å². The van der Waals surface area contributed by atoms with E-state index in [2.05, 4.69) is 10.3 Å². The summed E-state index contributed by atoms with van der Waals surface area (Å²) in [6.45, 7) is 1.97. The van der Waals surface area contributed by atoms with E-state index in [1.807, 2.05) is 6.92 Å². The molecule has 0 aliphatic heterocycles. The van der Waals surface area contributed by atoms with Gasteiger partial charge in [-0.1, -0.05) is 23.7 Å². The fourth-order valence-electron chi connectivity index (χ4n) is 2.53. The highest BCUT2D eigenvalue weighted by atomic mass is 35.5. The maximum Gasteiger partial charge on any atom is 0.316 e. The molecule has 8 heteroatoms. The van der Waals surface area contributed by atoms with Crippen LogP contribution < -0.4 is 15.6 Å². The minimum absolute atomic E-state index is 0.0333. The molecule has 0 saturated heterocycles. The van der Waals surface area contributed by atoms with Crippen molar-refractivity contribution < 1.29 is 13.5 Å². The Kier molecular flexibility index (Phi) is 5.41. The number of methoxy groups -OCH3 is 1. The fraction of sp³-hybridized carbons (Fsp3) is 0.158. The van der Waals surface area contributed by atoms with Gasteiger partial charge in [0.05, 0.1) is 19.9 Å². The lowest BCUT2D eigenvalue weighted by molar-refractivity contribution is 0.402. The molecular formula is C19H16ClF2N3O2. The highest BCUT2D eigenvalue weighted by molar-refractivity contribution is 6.31. The van der Waals surface area contributed by atoms with Crippen molar-refractivity contribution in [2.75, 3.05) is 12.4 Å². The van der Waals surface area contributed by atoms with Gasteiger partial charge < -0.3 is 14.6 Å². The molecule has 3 rings (SSSR count). The second-order valence-electron chi connectivity index (χ2n) is 5.85. The normalized spacial score (nSPS) is 10.7. The largest absolute Gasteiger partial charge is 0.490 e. The van der Waals surface area contributed by atoms with Gasteiger partial charge in [0, 0.05) is 10.7 Å². The Morgan fingerprint density at radius 2 is 2.00 bits per heavy atom. The van der Waals surface area contributed by atoms with E-state index in [1.165, 1.54) is 19.4 Å².